The number of carbonyl (C=O) groups is 3. The minimum absolute atomic E-state index is 0.00663. The molecule has 6 nitrogen and oxygen atoms in total. The summed E-state index contributed by atoms with van der Waals surface area (Å²) in [7, 11) is 1.43. The maximum Gasteiger partial charge on any atom is 0.308 e. The van der Waals surface area contributed by atoms with Gasteiger partial charge in [-0.25, -0.2) is 0 Å². The van der Waals surface area contributed by atoms with E-state index >= 15 is 0 Å². The number of esters is 1. The zero-order valence-electron chi connectivity index (χ0n) is 22.1. The Labute approximate surface area is 224 Å². The summed E-state index contributed by atoms with van der Waals surface area (Å²) in [5.41, 5.74) is 4.46. The van der Waals surface area contributed by atoms with E-state index in [0.717, 1.165) is 57.3 Å². The fourth-order valence-electron chi connectivity index (χ4n) is 5.63. The number of nitrogens with one attached hydrogen (secondary N) is 1. The summed E-state index contributed by atoms with van der Waals surface area (Å²) in [5.74, 6) is 0.879. The molecular formula is C30H38N2O4S. The smallest absolute Gasteiger partial charge is 0.308 e. The predicted octanol–water partition coefficient (Wildman–Crippen LogP) is 5.72. The van der Waals surface area contributed by atoms with Crippen LogP contribution >= 0.6 is 11.8 Å². The van der Waals surface area contributed by atoms with Gasteiger partial charge >= 0.3 is 5.97 Å². The van der Waals surface area contributed by atoms with Gasteiger partial charge in [-0.2, -0.15) is 0 Å². The Morgan fingerprint density at radius 2 is 1.49 bits per heavy atom. The molecule has 2 aliphatic rings. The molecule has 0 atom stereocenters. The molecule has 0 bridgehead atoms. The Morgan fingerprint density at radius 3 is 2.08 bits per heavy atom. The number of aryl methyl sites for hydroxylation is 2. The molecule has 1 aliphatic carbocycles. The molecule has 37 heavy (non-hydrogen) atoms. The van der Waals surface area contributed by atoms with Crippen molar-refractivity contribution in [2.24, 2.45) is 11.8 Å². The van der Waals surface area contributed by atoms with Crippen LogP contribution in [0.25, 0.3) is 0 Å². The number of hydrogen-bond acceptors (Lipinski definition) is 5. The SMILES string of the molecule is COC(=O)C1CCC(C(=O)N2CCC(c3ccc(NC(=O)CSc4c(C)cccc4C)cc3)CC2)CC1. The Balaban J connectivity index is 1.22. The van der Waals surface area contributed by atoms with Crippen LogP contribution in [0.2, 0.25) is 0 Å². The third kappa shape index (κ3) is 6.95. The molecule has 0 aromatic heterocycles. The first-order valence-corrected chi connectivity index (χ1v) is 14.3. The molecule has 2 aromatic rings. The van der Waals surface area contributed by atoms with E-state index in [4.69, 9.17) is 4.74 Å². The van der Waals surface area contributed by atoms with Crippen molar-refractivity contribution >= 4 is 35.2 Å². The summed E-state index contributed by atoms with van der Waals surface area (Å²) < 4.78 is 4.86. The second kappa shape index (κ2) is 12.6. The Kier molecular flexibility index (Phi) is 9.30. The fraction of sp³-hybridized carbons (Fsp3) is 0.500. The molecule has 2 fully saturated rings. The summed E-state index contributed by atoms with van der Waals surface area (Å²) >= 11 is 1.58. The van der Waals surface area contributed by atoms with Crippen molar-refractivity contribution in [3.05, 3.63) is 59.2 Å². The Hall–Kier alpha value is -2.80. The number of nitrogens with zero attached hydrogens (tertiary/aromatic N) is 1. The average molecular weight is 523 g/mol. The van der Waals surface area contributed by atoms with Crippen LogP contribution in [0, 0.1) is 25.7 Å². The van der Waals surface area contributed by atoms with Crippen molar-refractivity contribution in [2.45, 2.75) is 63.2 Å². The molecule has 1 saturated heterocycles. The molecule has 1 N–H and O–H groups in total. The molecule has 0 unspecified atom stereocenters. The van der Waals surface area contributed by atoms with E-state index in [0.29, 0.717) is 11.7 Å². The lowest BCUT2D eigenvalue weighted by atomic mass is 9.80. The Bertz CT molecular complexity index is 1080. The number of ether oxygens (including phenoxy) is 1. The lowest BCUT2D eigenvalue weighted by molar-refractivity contribution is -0.148. The van der Waals surface area contributed by atoms with Gasteiger partial charge in [0.2, 0.25) is 11.8 Å². The molecule has 4 rings (SSSR count). The molecule has 198 valence electrons. The summed E-state index contributed by atoms with van der Waals surface area (Å²) in [6, 6.07) is 14.4. The quantitative estimate of drug-likeness (QED) is 0.372. The number of hydrogen-bond donors (Lipinski definition) is 1. The fourth-order valence-corrected chi connectivity index (χ4v) is 6.57. The summed E-state index contributed by atoms with van der Waals surface area (Å²) in [4.78, 5) is 40.5. The first-order valence-electron chi connectivity index (χ1n) is 13.3. The van der Waals surface area contributed by atoms with Crippen LogP contribution in [0.1, 0.15) is 61.1 Å². The molecule has 2 aromatic carbocycles. The van der Waals surface area contributed by atoms with Crippen molar-refractivity contribution in [1.82, 2.24) is 4.90 Å². The number of carbonyl (C=O) groups excluding carboxylic acids is 3. The predicted molar refractivity (Wildman–Crippen MR) is 148 cm³/mol. The Morgan fingerprint density at radius 1 is 0.892 bits per heavy atom. The van der Waals surface area contributed by atoms with E-state index in [9.17, 15) is 14.4 Å². The van der Waals surface area contributed by atoms with Gasteiger partial charge in [-0.3, -0.25) is 14.4 Å². The number of rotatable bonds is 7. The molecule has 2 amide bonds. The zero-order valence-corrected chi connectivity index (χ0v) is 22.9. The van der Waals surface area contributed by atoms with Crippen LogP contribution in [-0.4, -0.2) is 48.6 Å². The van der Waals surface area contributed by atoms with Crippen LogP contribution in [0.3, 0.4) is 0 Å². The topological polar surface area (TPSA) is 75.7 Å². The minimum Gasteiger partial charge on any atom is -0.469 e. The van der Waals surface area contributed by atoms with Gasteiger partial charge < -0.3 is 15.0 Å². The molecule has 7 heteroatoms. The van der Waals surface area contributed by atoms with Gasteiger partial charge in [0.25, 0.3) is 0 Å². The zero-order chi connectivity index (χ0) is 26.4. The van der Waals surface area contributed by atoms with E-state index < -0.39 is 0 Å². The molecule has 0 spiro atoms. The first kappa shape index (κ1) is 27.2. The number of methoxy groups -OCH3 is 1. The highest BCUT2D eigenvalue weighted by Gasteiger charge is 2.34. The van der Waals surface area contributed by atoms with Crippen molar-refractivity contribution in [2.75, 3.05) is 31.3 Å². The number of likely N-dealkylation sites (tertiary alicyclic amines) is 1. The van der Waals surface area contributed by atoms with Gasteiger partial charge in [0.05, 0.1) is 18.8 Å². The summed E-state index contributed by atoms with van der Waals surface area (Å²) in [6.07, 6.45) is 4.92. The molecular weight excluding hydrogens is 484 g/mol. The van der Waals surface area contributed by atoms with Gasteiger partial charge in [-0.15, -0.1) is 11.8 Å². The second-order valence-electron chi connectivity index (χ2n) is 10.4. The largest absolute Gasteiger partial charge is 0.469 e. The lowest BCUT2D eigenvalue weighted by Crippen LogP contribution is -2.42. The normalized spacial score (nSPS) is 20.4. The minimum atomic E-state index is -0.145. The van der Waals surface area contributed by atoms with Crippen LogP contribution in [-0.2, 0) is 19.1 Å². The van der Waals surface area contributed by atoms with Crippen molar-refractivity contribution in [3.8, 4) is 0 Å². The molecule has 0 radical (unpaired) electrons. The average Bonchev–Trinajstić information content (AvgIpc) is 2.92. The van der Waals surface area contributed by atoms with Crippen LogP contribution in [0.5, 0.6) is 0 Å². The van der Waals surface area contributed by atoms with E-state index in [1.54, 1.807) is 11.8 Å². The number of thioether (sulfide) groups is 1. The monoisotopic (exact) mass is 522 g/mol. The maximum atomic E-state index is 13.0. The highest BCUT2D eigenvalue weighted by atomic mass is 32.2. The number of amides is 2. The van der Waals surface area contributed by atoms with Crippen molar-refractivity contribution in [1.29, 1.82) is 0 Å². The lowest BCUT2D eigenvalue weighted by Gasteiger charge is -2.36. The summed E-state index contributed by atoms with van der Waals surface area (Å²) in [5, 5.41) is 3.01. The van der Waals surface area contributed by atoms with Gasteiger partial charge in [-0.05, 0) is 87.1 Å². The highest BCUT2D eigenvalue weighted by molar-refractivity contribution is 8.00. The number of anilines is 1. The van der Waals surface area contributed by atoms with Gasteiger partial charge in [0.15, 0.2) is 0 Å². The molecule has 1 heterocycles. The van der Waals surface area contributed by atoms with Gasteiger partial charge in [0.1, 0.15) is 0 Å². The first-order chi connectivity index (χ1) is 17.9. The maximum absolute atomic E-state index is 13.0. The van der Waals surface area contributed by atoms with Crippen LogP contribution in [0.4, 0.5) is 5.69 Å². The van der Waals surface area contributed by atoms with Gasteiger partial charge in [-0.1, -0.05) is 30.3 Å². The number of benzene rings is 2. The standard InChI is InChI=1S/C30H38N2O4S/c1-20-5-4-6-21(2)28(20)37-19-27(33)31-26-13-11-22(12-14-26)23-15-17-32(18-16-23)29(34)24-7-9-25(10-8-24)30(35)36-3/h4-6,11-14,23-25H,7-10,15-19H2,1-3H3,(H,31,33). The third-order valence-corrected chi connectivity index (χ3v) is 9.18. The van der Waals surface area contributed by atoms with Crippen molar-refractivity contribution in [3.63, 3.8) is 0 Å². The third-order valence-electron chi connectivity index (χ3n) is 7.84. The van der Waals surface area contributed by atoms with E-state index in [1.165, 1.54) is 28.7 Å². The van der Waals surface area contributed by atoms with E-state index in [-0.39, 0.29) is 29.6 Å². The number of piperidine rings is 1. The second-order valence-corrected chi connectivity index (χ2v) is 11.3. The van der Waals surface area contributed by atoms with Gasteiger partial charge in [0, 0.05) is 29.6 Å². The van der Waals surface area contributed by atoms with E-state index in [2.05, 4.69) is 43.4 Å². The van der Waals surface area contributed by atoms with E-state index in [1.807, 2.05) is 23.1 Å². The molecule has 1 aliphatic heterocycles. The van der Waals surface area contributed by atoms with Crippen molar-refractivity contribution < 1.29 is 19.1 Å². The summed E-state index contributed by atoms with van der Waals surface area (Å²) in [6.45, 7) is 5.69. The van der Waals surface area contributed by atoms with Crippen LogP contribution < -0.4 is 5.32 Å². The molecule has 1 saturated carbocycles. The van der Waals surface area contributed by atoms with Crippen LogP contribution in [0.15, 0.2) is 47.4 Å². The highest BCUT2D eigenvalue weighted by Crippen LogP contribution is 2.34.